The highest BCUT2D eigenvalue weighted by Crippen LogP contribution is 2.17. The van der Waals surface area contributed by atoms with Crippen LogP contribution in [0.15, 0.2) is 66.9 Å². The third-order valence-electron chi connectivity index (χ3n) is 3.65. The van der Waals surface area contributed by atoms with E-state index in [1.54, 1.807) is 60.8 Å². The minimum atomic E-state index is -0.595. The van der Waals surface area contributed by atoms with E-state index in [4.69, 9.17) is 11.6 Å². The van der Waals surface area contributed by atoms with Gasteiger partial charge in [-0.05, 0) is 42.5 Å². The van der Waals surface area contributed by atoms with E-state index in [2.05, 4.69) is 15.8 Å². The van der Waals surface area contributed by atoms with Crippen LogP contribution in [-0.4, -0.2) is 22.6 Å². The molecular formula is C19H14ClN3O3. The van der Waals surface area contributed by atoms with E-state index >= 15 is 0 Å². The number of H-pyrrole nitrogens is 1. The molecule has 0 aliphatic heterocycles. The molecule has 130 valence electrons. The summed E-state index contributed by atoms with van der Waals surface area (Å²) in [6.07, 6.45) is 1.59. The highest BCUT2D eigenvalue weighted by Gasteiger charge is 2.18. The molecule has 0 spiro atoms. The molecule has 6 nitrogen and oxygen atoms in total. The highest BCUT2D eigenvalue weighted by atomic mass is 35.5. The quantitative estimate of drug-likeness (QED) is 0.489. The van der Waals surface area contributed by atoms with Gasteiger partial charge in [0, 0.05) is 22.3 Å². The van der Waals surface area contributed by atoms with Crippen LogP contribution in [-0.2, 0) is 0 Å². The van der Waals surface area contributed by atoms with Gasteiger partial charge in [-0.1, -0.05) is 29.8 Å². The molecule has 3 rings (SSSR count). The van der Waals surface area contributed by atoms with Gasteiger partial charge in [0.2, 0.25) is 0 Å². The SMILES string of the molecule is O=C(NNC(=O)c1ccccc1C(=O)c1ccc(Cl)cc1)c1ccc[nH]1. The van der Waals surface area contributed by atoms with Crippen LogP contribution in [0.5, 0.6) is 0 Å². The number of carbonyl (C=O) groups excluding carboxylic acids is 3. The van der Waals surface area contributed by atoms with Crippen molar-refractivity contribution in [3.8, 4) is 0 Å². The fraction of sp³-hybridized carbons (Fsp3) is 0. The second-order valence-corrected chi connectivity index (χ2v) is 5.81. The Morgan fingerprint density at radius 1 is 0.769 bits per heavy atom. The van der Waals surface area contributed by atoms with Crippen LogP contribution in [0, 0.1) is 0 Å². The number of hydrazine groups is 1. The van der Waals surface area contributed by atoms with Crippen molar-refractivity contribution >= 4 is 29.2 Å². The van der Waals surface area contributed by atoms with Gasteiger partial charge in [0.05, 0.1) is 5.56 Å². The normalized spacial score (nSPS) is 10.2. The van der Waals surface area contributed by atoms with E-state index in [0.29, 0.717) is 16.3 Å². The molecule has 3 N–H and O–H groups in total. The van der Waals surface area contributed by atoms with Crippen molar-refractivity contribution in [3.63, 3.8) is 0 Å². The van der Waals surface area contributed by atoms with E-state index in [-0.39, 0.29) is 16.9 Å². The van der Waals surface area contributed by atoms with Crippen molar-refractivity contribution in [1.29, 1.82) is 0 Å². The average molecular weight is 368 g/mol. The minimum Gasteiger partial charge on any atom is -0.357 e. The average Bonchev–Trinajstić information content (AvgIpc) is 3.21. The van der Waals surface area contributed by atoms with Crippen molar-refractivity contribution in [2.45, 2.75) is 0 Å². The molecule has 0 radical (unpaired) electrons. The van der Waals surface area contributed by atoms with E-state index < -0.39 is 11.8 Å². The van der Waals surface area contributed by atoms with Gasteiger partial charge < -0.3 is 4.98 Å². The number of nitrogens with one attached hydrogen (secondary N) is 3. The second kappa shape index (κ2) is 7.67. The molecule has 0 aliphatic rings. The molecule has 7 heteroatoms. The van der Waals surface area contributed by atoms with Crippen LogP contribution < -0.4 is 10.9 Å². The Bertz CT molecular complexity index is 950. The number of benzene rings is 2. The fourth-order valence-electron chi connectivity index (χ4n) is 2.36. The Labute approximate surface area is 154 Å². The van der Waals surface area contributed by atoms with Crippen molar-refractivity contribution in [3.05, 3.63) is 94.3 Å². The summed E-state index contributed by atoms with van der Waals surface area (Å²) in [6.45, 7) is 0. The van der Waals surface area contributed by atoms with Crippen molar-refractivity contribution < 1.29 is 14.4 Å². The predicted molar refractivity (Wildman–Crippen MR) is 97.1 cm³/mol. The van der Waals surface area contributed by atoms with Crippen molar-refractivity contribution in [2.75, 3.05) is 0 Å². The minimum absolute atomic E-state index is 0.152. The molecule has 26 heavy (non-hydrogen) atoms. The zero-order valence-electron chi connectivity index (χ0n) is 13.5. The van der Waals surface area contributed by atoms with Gasteiger partial charge in [-0.25, -0.2) is 0 Å². The summed E-state index contributed by atoms with van der Waals surface area (Å²) in [5, 5.41) is 0.514. The lowest BCUT2D eigenvalue weighted by molar-refractivity contribution is 0.0842. The number of hydrogen-bond donors (Lipinski definition) is 3. The molecule has 0 aliphatic carbocycles. The van der Waals surface area contributed by atoms with Gasteiger partial charge in [0.15, 0.2) is 5.78 Å². The Kier molecular flexibility index (Phi) is 5.15. The molecule has 1 heterocycles. The summed E-state index contributed by atoms with van der Waals surface area (Å²) >= 11 is 5.84. The highest BCUT2D eigenvalue weighted by molar-refractivity contribution is 6.30. The molecular weight excluding hydrogens is 354 g/mol. The maximum Gasteiger partial charge on any atom is 0.286 e. The largest absolute Gasteiger partial charge is 0.357 e. The third-order valence-corrected chi connectivity index (χ3v) is 3.91. The van der Waals surface area contributed by atoms with Crippen LogP contribution in [0.2, 0.25) is 5.02 Å². The molecule has 0 saturated carbocycles. The second-order valence-electron chi connectivity index (χ2n) is 5.37. The number of amides is 2. The van der Waals surface area contributed by atoms with E-state index in [1.165, 1.54) is 6.07 Å². The van der Waals surface area contributed by atoms with Gasteiger partial charge in [0.25, 0.3) is 11.8 Å². The summed E-state index contributed by atoms with van der Waals surface area (Å²) in [6, 6.07) is 16.0. The standard InChI is InChI=1S/C19H14ClN3O3/c20-13-9-7-12(8-10-13)17(24)14-4-1-2-5-15(14)18(25)22-23-19(26)16-6-3-11-21-16/h1-11,21H,(H,22,25)(H,23,26). The van der Waals surface area contributed by atoms with Gasteiger partial charge >= 0.3 is 0 Å². The zero-order chi connectivity index (χ0) is 18.5. The Morgan fingerprint density at radius 2 is 1.42 bits per heavy atom. The van der Waals surface area contributed by atoms with Gasteiger partial charge in [-0.3, -0.25) is 25.2 Å². The number of rotatable bonds is 4. The van der Waals surface area contributed by atoms with Gasteiger partial charge in [-0.2, -0.15) is 0 Å². The van der Waals surface area contributed by atoms with Gasteiger partial charge in [-0.15, -0.1) is 0 Å². The lowest BCUT2D eigenvalue weighted by Crippen LogP contribution is -2.42. The Morgan fingerprint density at radius 3 is 2.08 bits per heavy atom. The summed E-state index contributed by atoms with van der Waals surface area (Å²) in [4.78, 5) is 39.7. The lowest BCUT2D eigenvalue weighted by atomic mass is 9.98. The fourth-order valence-corrected chi connectivity index (χ4v) is 2.48. The number of ketones is 1. The van der Waals surface area contributed by atoms with Crippen LogP contribution in [0.25, 0.3) is 0 Å². The van der Waals surface area contributed by atoms with Crippen LogP contribution >= 0.6 is 11.6 Å². The summed E-state index contributed by atoms with van der Waals surface area (Å²) in [7, 11) is 0. The third kappa shape index (κ3) is 3.81. The van der Waals surface area contributed by atoms with Crippen LogP contribution in [0.4, 0.5) is 0 Å². The summed E-state index contributed by atoms with van der Waals surface area (Å²) in [5.74, 6) is -1.41. The van der Waals surface area contributed by atoms with E-state index in [1.807, 2.05) is 0 Å². The number of aromatic amines is 1. The first-order valence-electron chi connectivity index (χ1n) is 7.69. The molecule has 0 fully saturated rings. The molecule has 1 aromatic heterocycles. The van der Waals surface area contributed by atoms with E-state index in [9.17, 15) is 14.4 Å². The molecule has 0 bridgehead atoms. The molecule has 0 atom stereocenters. The molecule has 0 unspecified atom stereocenters. The molecule has 2 amide bonds. The molecule has 2 aromatic carbocycles. The molecule has 3 aromatic rings. The number of carbonyl (C=O) groups is 3. The number of halogens is 1. The first kappa shape index (κ1) is 17.4. The lowest BCUT2D eigenvalue weighted by Gasteiger charge is -2.10. The van der Waals surface area contributed by atoms with Gasteiger partial charge in [0.1, 0.15) is 5.69 Å². The van der Waals surface area contributed by atoms with E-state index in [0.717, 1.165) is 0 Å². The zero-order valence-corrected chi connectivity index (χ0v) is 14.2. The maximum absolute atomic E-state index is 12.7. The first-order chi connectivity index (χ1) is 12.6. The molecule has 0 saturated heterocycles. The number of aromatic nitrogens is 1. The first-order valence-corrected chi connectivity index (χ1v) is 8.07. The van der Waals surface area contributed by atoms with Crippen molar-refractivity contribution in [1.82, 2.24) is 15.8 Å². The smallest absolute Gasteiger partial charge is 0.286 e. The van der Waals surface area contributed by atoms with Crippen molar-refractivity contribution in [2.24, 2.45) is 0 Å². The summed E-state index contributed by atoms with van der Waals surface area (Å²) < 4.78 is 0. The van der Waals surface area contributed by atoms with Crippen LogP contribution in [0.3, 0.4) is 0 Å². The number of hydrogen-bond acceptors (Lipinski definition) is 3. The monoisotopic (exact) mass is 367 g/mol. The topological polar surface area (TPSA) is 91.1 Å². The summed E-state index contributed by atoms with van der Waals surface area (Å²) in [5.41, 5.74) is 5.69. The Balaban J connectivity index is 1.78. The predicted octanol–water partition coefficient (Wildman–Crippen LogP) is 2.97. The maximum atomic E-state index is 12.7. The van der Waals surface area contributed by atoms with Crippen LogP contribution in [0.1, 0.15) is 36.8 Å². The Hall–Kier alpha value is -3.38.